The van der Waals surface area contributed by atoms with Crippen molar-refractivity contribution in [3.05, 3.63) is 35.4 Å². The average molecular weight is 413 g/mol. The third-order valence-corrected chi connectivity index (χ3v) is 5.26. The molecule has 0 aliphatic carbocycles. The molecule has 0 bridgehead atoms. The van der Waals surface area contributed by atoms with Crippen LogP contribution in [0, 0.1) is 0 Å². The van der Waals surface area contributed by atoms with Crippen molar-refractivity contribution in [2.45, 2.75) is 31.5 Å². The number of ether oxygens (including phenoxy) is 1. The highest BCUT2D eigenvalue weighted by Crippen LogP contribution is 2.29. The van der Waals surface area contributed by atoms with Crippen LogP contribution in [-0.4, -0.2) is 73.6 Å². The molecule has 1 N–H and O–H groups in total. The Labute approximate surface area is 168 Å². The molecule has 2 aliphatic rings. The van der Waals surface area contributed by atoms with Crippen LogP contribution in [0.15, 0.2) is 24.3 Å². The van der Waals surface area contributed by atoms with Gasteiger partial charge in [-0.3, -0.25) is 9.59 Å². The van der Waals surface area contributed by atoms with Crippen LogP contribution in [0.25, 0.3) is 0 Å². The van der Waals surface area contributed by atoms with Crippen molar-refractivity contribution >= 4 is 11.8 Å². The van der Waals surface area contributed by atoms with Crippen LogP contribution < -0.4 is 5.32 Å². The highest BCUT2D eigenvalue weighted by atomic mass is 19.4. The molecule has 1 aromatic carbocycles. The maximum atomic E-state index is 12.9. The highest BCUT2D eigenvalue weighted by Gasteiger charge is 2.31. The summed E-state index contributed by atoms with van der Waals surface area (Å²) in [6.45, 7) is 3.93. The molecular formula is C20H26F3N3O3. The fraction of sp³-hybridized carbons (Fsp3) is 0.600. The van der Waals surface area contributed by atoms with Gasteiger partial charge in [0.2, 0.25) is 5.91 Å². The van der Waals surface area contributed by atoms with Gasteiger partial charge in [0.25, 0.3) is 5.91 Å². The fourth-order valence-corrected chi connectivity index (χ4v) is 3.60. The van der Waals surface area contributed by atoms with Gasteiger partial charge in [-0.15, -0.1) is 0 Å². The smallest absolute Gasteiger partial charge is 0.376 e. The third-order valence-electron chi connectivity index (χ3n) is 5.26. The molecule has 29 heavy (non-hydrogen) atoms. The number of piperazine rings is 1. The van der Waals surface area contributed by atoms with Crippen molar-refractivity contribution in [1.29, 1.82) is 0 Å². The molecule has 1 aromatic rings. The number of alkyl halides is 3. The molecular weight excluding hydrogens is 387 g/mol. The first-order valence-electron chi connectivity index (χ1n) is 9.91. The lowest BCUT2D eigenvalue weighted by atomic mass is 10.1. The normalized spacial score (nSPS) is 20.0. The Balaban J connectivity index is 1.66. The van der Waals surface area contributed by atoms with Crippen LogP contribution >= 0.6 is 0 Å². The zero-order chi connectivity index (χ0) is 20.9. The largest absolute Gasteiger partial charge is 0.416 e. The Morgan fingerprint density at radius 3 is 2.45 bits per heavy atom. The Bertz CT molecular complexity index is 697. The number of carbonyl (C=O) groups is 2. The molecule has 0 saturated carbocycles. The summed E-state index contributed by atoms with van der Waals surface area (Å²) in [6, 6.07) is 4.18. The van der Waals surface area contributed by atoms with Gasteiger partial charge in [-0.1, -0.05) is 0 Å². The Morgan fingerprint density at radius 2 is 1.86 bits per heavy atom. The van der Waals surface area contributed by atoms with E-state index in [0.29, 0.717) is 26.2 Å². The first kappa shape index (κ1) is 21.6. The number of hydrogen-bond donors (Lipinski definition) is 1. The van der Waals surface area contributed by atoms with E-state index >= 15 is 0 Å². The van der Waals surface area contributed by atoms with Crippen LogP contribution in [-0.2, 0) is 15.7 Å². The number of nitrogens with one attached hydrogen (secondary N) is 1. The molecule has 0 spiro atoms. The van der Waals surface area contributed by atoms with Crippen LogP contribution in [0.4, 0.5) is 13.2 Å². The molecule has 1 atom stereocenters. The van der Waals surface area contributed by atoms with Gasteiger partial charge in [-0.2, -0.15) is 13.2 Å². The molecule has 2 amide bonds. The van der Waals surface area contributed by atoms with Crippen molar-refractivity contribution in [3.63, 3.8) is 0 Å². The van der Waals surface area contributed by atoms with Gasteiger partial charge in [0.1, 0.15) is 0 Å². The summed E-state index contributed by atoms with van der Waals surface area (Å²) in [5.74, 6) is -0.411. The van der Waals surface area contributed by atoms with E-state index in [1.165, 1.54) is 17.0 Å². The van der Waals surface area contributed by atoms with Crippen LogP contribution in [0.2, 0.25) is 0 Å². The maximum Gasteiger partial charge on any atom is 0.416 e. The number of hydrogen-bond acceptors (Lipinski definition) is 4. The molecule has 9 heteroatoms. The minimum Gasteiger partial charge on any atom is -0.376 e. The summed E-state index contributed by atoms with van der Waals surface area (Å²) in [4.78, 5) is 28.7. The van der Waals surface area contributed by atoms with E-state index in [1.807, 2.05) is 0 Å². The molecule has 3 rings (SSSR count). The summed E-state index contributed by atoms with van der Waals surface area (Å²) in [5.41, 5.74) is -0.626. The van der Waals surface area contributed by atoms with Crippen molar-refractivity contribution in [2.75, 3.05) is 45.9 Å². The first-order valence-corrected chi connectivity index (χ1v) is 9.91. The SMILES string of the molecule is O=C(CCN(C[C@@H]1CCCO1)C(=O)c1ccc(C(F)(F)F)cc1)N1CCNCC1. The molecule has 0 aromatic heterocycles. The maximum absolute atomic E-state index is 12.9. The summed E-state index contributed by atoms with van der Waals surface area (Å²) in [5, 5.41) is 3.18. The summed E-state index contributed by atoms with van der Waals surface area (Å²) in [6.07, 6.45) is -2.65. The standard InChI is InChI=1S/C20H26F3N3O3/c21-20(22,23)16-5-3-15(4-6-16)19(28)26(14-17-2-1-13-29-17)10-7-18(27)25-11-8-24-9-12-25/h3-6,17,24H,1-2,7-14H2/t17-/m0/s1. The lowest BCUT2D eigenvalue weighted by molar-refractivity contribution is -0.137. The Morgan fingerprint density at radius 1 is 1.17 bits per heavy atom. The summed E-state index contributed by atoms with van der Waals surface area (Å²) >= 11 is 0. The Hall–Kier alpha value is -2.13. The lowest BCUT2D eigenvalue weighted by Gasteiger charge is -2.30. The van der Waals surface area contributed by atoms with Crippen molar-refractivity contribution < 1.29 is 27.5 Å². The molecule has 160 valence electrons. The van der Waals surface area contributed by atoms with Gasteiger partial charge in [0.05, 0.1) is 11.7 Å². The number of halogens is 3. The second-order valence-electron chi connectivity index (χ2n) is 7.34. The molecule has 0 unspecified atom stereocenters. The predicted octanol–water partition coefficient (Wildman–Crippen LogP) is 2.15. The molecule has 2 saturated heterocycles. The number of nitrogens with zero attached hydrogens (tertiary/aromatic N) is 2. The van der Waals surface area contributed by atoms with E-state index in [4.69, 9.17) is 4.74 Å². The van der Waals surface area contributed by atoms with Crippen molar-refractivity contribution in [1.82, 2.24) is 15.1 Å². The van der Waals surface area contributed by atoms with Crippen molar-refractivity contribution in [2.24, 2.45) is 0 Å². The Kier molecular flexibility index (Phi) is 7.13. The summed E-state index contributed by atoms with van der Waals surface area (Å²) in [7, 11) is 0. The fourth-order valence-electron chi connectivity index (χ4n) is 3.60. The van der Waals surface area contributed by atoms with Crippen LogP contribution in [0.5, 0.6) is 0 Å². The van der Waals surface area contributed by atoms with Gasteiger partial charge < -0.3 is 19.9 Å². The van der Waals surface area contributed by atoms with Crippen LogP contribution in [0.3, 0.4) is 0 Å². The second kappa shape index (κ2) is 9.58. The molecule has 2 aliphatic heterocycles. The van der Waals surface area contributed by atoms with Gasteiger partial charge in [0.15, 0.2) is 0 Å². The number of benzene rings is 1. The number of rotatable bonds is 6. The van der Waals surface area contributed by atoms with E-state index in [1.54, 1.807) is 4.90 Å². The minimum atomic E-state index is -4.45. The quantitative estimate of drug-likeness (QED) is 0.777. The number of carbonyl (C=O) groups excluding carboxylic acids is 2. The predicted molar refractivity (Wildman–Crippen MR) is 100 cm³/mol. The third kappa shape index (κ3) is 5.93. The van der Waals surface area contributed by atoms with E-state index in [9.17, 15) is 22.8 Å². The zero-order valence-electron chi connectivity index (χ0n) is 16.2. The topological polar surface area (TPSA) is 61.9 Å². The molecule has 2 heterocycles. The van der Waals surface area contributed by atoms with E-state index < -0.39 is 11.7 Å². The summed E-state index contributed by atoms with van der Waals surface area (Å²) < 4.78 is 43.9. The highest BCUT2D eigenvalue weighted by molar-refractivity contribution is 5.94. The average Bonchev–Trinajstić information content (AvgIpc) is 3.23. The monoisotopic (exact) mass is 413 g/mol. The van der Waals surface area contributed by atoms with Crippen molar-refractivity contribution in [3.8, 4) is 0 Å². The second-order valence-corrected chi connectivity index (χ2v) is 7.34. The zero-order valence-corrected chi connectivity index (χ0v) is 16.2. The van der Waals surface area contributed by atoms with Gasteiger partial charge in [-0.25, -0.2) is 0 Å². The molecule has 0 radical (unpaired) electrons. The molecule has 2 fully saturated rings. The lowest BCUT2D eigenvalue weighted by Crippen LogP contribution is -2.47. The van der Waals surface area contributed by atoms with Gasteiger partial charge in [-0.05, 0) is 37.1 Å². The first-order chi connectivity index (χ1) is 13.8. The molecule has 6 nitrogen and oxygen atoms in total. The van der Waals surface area contributed by atoms with Gasteiger partial charge in [0, 0.05) is 57.9 Å². The van der Waals surface area contributed by atoms with E-state index in [0.717, 1.165) is 38.1 Å². The van der Waals surface area contributed by atoms with Crippen LogP contribution in [0.1, 0.15) is 35.2 Å². The minimum absolute atomic E-state index is 0.0240. The van der Waals surface area contributed by atoms with E-state index in [-0.39, 0.29) is 36.4 Å². The van der Waals surface area contributed by atoms with E-state index in [2.05, 4.69) is 5.32 Å². The number of amides is 2. The van der Waals surface area contributed by atoms with Gasteiger partial charge >= 0.3 is 6.18 Å².